The molecule has 0 spiro atoms. The fraction of sp³-hybridized carbons (Fsp3) is 0.556. The number of thiazole rings is 1. The van der Waals surface area contributed by atoms with Crippen LogP contribution >= 0.6 is 11.3 Å². The summed E-state index contributed by atoms with van der Waals surface area (Å²) in [4.78, 5) is 46.1. The summed E-state index contributed by atoms with van der Waals surface area (Å²) in [6, 6.07) is 4.58. The fourth-order valence-corrected chi connectivity index (χ4v) is 4.89. The zero-order valence-corrected chi connectivity index (χ0v) is 24.1. The average molecular weight is 557 g/mol. The van der Waals surface area contributed by atoms with Gasteiger partial charge in [-0.05, 0) is 33.1 Å². The average Bonchev–Trinajstić information content (AvgIpc) is 3.34. The summed E-state index contributed by atoms with van der Waals surface area (Å²) < 4.78 is 7.40. The lowest BCUT2D eigenvalue weighted by molar-refractivity contribution is -0.688. The number of nitriles is 1. The number of aromatic nitrogens is 2. The number of hydrogen-bond acceptors (Lipinski definition) is 8. The lowest BCUT2D eigenvalue weighted by atomic mass is 10.0. The number of rotatable bonds is 9. The van der Waals surface area contributed by atoms with E-state index in [4.69, 9.17) is 15.0 Å². The first-order valence-electron chi connectivity index (χ1n) is 13.1. The molecule has 2 aromatic heterocycles. The second-order valence-corrected chi connectivity index (χ2v) is 11.7. The van der Waals surface area contributed by atoms with E-state index in [-0.39, 0.29) is 30.4 Å². The van der Waals surface area contributed by atoms with E-state index < -0.39 is 11.6 Å². The third-order valence-electron chi connectivity index (χ3n) is 5.91. The maximum atomic E-state index is 12.8. The molecule has 39 heavy (non-hydrogen) atoms. The zero-order chi connectivity index (χ0) is 28.6. The summed E-state index contributed by atoms with van der Waals surface area (Å²) in [7, 11) is 0. The molecular formula is C27H38N7O4S+. The van der Waals surface area contributed by atoms with E-state index in [1.54, 1.807) is 40.8 Å². The summed E-state index contributed by atoms with van der Waals surface area (Å²) in [6.07, 6.45) is 3.80. The minimum Gasteiger partial charge on any atom is -0.444 e. The number of carbonyl (C=O) groups excluding carboxylic acids is 3. The van der Waals surface area contributed by atoms with Crippen molar-refractivity contribution in [1.29, 1.82) is 5.26 Å². The molecule has 2 N–H and O–H groups in total. The molecule has 0 aliphatic carbocycles. The van der Waals surface area contributed by atoms with Crippen LogP contribution in [-0.2, 0) is 16.1 Å². The van der Waals surface area contributed by atoms with Crippen LogP contribution in [0.3, 0.4) is 0 Å². The highest BCUT2D eigenvalue weighted by Gasteiger charge is 2.27. The van der Waals surface area contributed by atoms with Crippen LogP contribution in [0.25, 0.3) is 0 Å². The van der Waals surface area contributed by atoms with Gasteiger partial charge < -0.3 is 25.2 Å². The number of nitrogens with zero attached hydrogens (tertiary/aromatic N) is 5. The number of ether oxygens (including phenoxy) is 1. The third-order valence-corrected chi connectivity index (χ3v) is 6.86. The monoisotopic (exact) mass is 556 g/mol. The van der Waals surface area contributed by atoms with Crippen molar-refractivity contribution in [3.05, 3.63) is 41.2 Å². The second-order valence-electron chi connectivity index (χ2n) is 10.9. The molecule has 0 saturated carbocycles. The van der Waals surface area contributed by atoms with Gasteiger partial charge in [0.2, 0.25) is 5.91 Å². The van der Waals surface area contributed by atoms with Gasteiger partial charge in [-0.25, -0.2) is 9.78 Å². The lowest BCUT2D eigenvalue weighted by Crippen LogP contribution is -2.50. The van der Waals surface area contributed by atoms with Crippen LogP contribution in [0.15, 0.2) is 29.9 Å². The van der Waals surface area contributed by atoms with Crippen molar-refractivity contribution in [1.82, 2.24) is 20.5 Å². The molecule has 1 aliphatic rings. The Hall–Kier alpha value is -3.72. The summed E-state index contributed by atoms with van der Waals surface area (Å²) >= 11 is 1.57. The molecule has 3 rings (SSSR count). The van der Waals surface area contributed by atoms with E-state index in [1.165, 1.54) is 0 Å². The fourth-order valence-electron chi connectivity index (χ4n) is 4.02. The molecule has 1 atom stereocenters. The third kappa shape index (κ3) is 9.21. The summed E-state index contributed by atoms with van der Waals surface area (Å²) in [6.45, 7) is 12.5. The van der Waals surface area contributed by atoms with E-state index >= 15 is 0 Å². The van der Waals surface area contributed by atoms with Crippen molar-refractivity contribution in [2.75, 3.05) is 37.6 Å². The van der Waals surface area contributed by atoms with Crippen LogP contribution in [0.4, 0.5) is 9.93 Å². The molecule has 0 unspecified atom stereocenters. The van der Waals surface area contributed by atoms with Gasteiger partial charge in [-0.3, -0.25) is 9.59 Å². The van der Waals surface area contributed by atoms with Gasteiger partial charge in [0.25, 0.3) is 5.91 Å². The minimum atomic E-state index is -0.711. The number of carbonyl (C=O) groups is 3. The topological polar surface area (TPSA) is 132 Å². The van der Waals surface area contributed by atoms with Gasteiger partial charge in [0.1, 0.15) is 23.9 Å². The molecule has 12 heteroatoms. The van der Waals surface area contributed by atoms with E-state index in [0.29, 0.717) is 44.7 Å². The molecule has 11 nitrogen and oxygen atoms in total. The zero-order valence-electron chi connectivity index (χ0n) is 23.3. The molecular weight excluding hydrogens is 518 g/mol. The summed E-state index contributed by atoms with van der Waals surface area (Å²) in [5, 5.41) is 17.0. The van der Waals surface area contributed by atoms with Gasteiger partial charge in [-0.1, -0.05) is 13.8 Å². The Balaban J connectivity index is 1.54. The standard InChI is InChI=1S/C27H37N7O4S/c1-19(2)16-22(24(36)29-9-8-28)31-23(35)20-6-10-32(11-7-20)17-21-18-39-25(30-21)33-12-14-34(15-13-33)26(37)38-27(3,4)5/h6-7,10-11,18-19,22H,9,12-17H2,1-5H3,(H-,29,31,35,36)/p+1/t22-/m0/s1. The lowest BCUT2D eigenvalue weighted by Gasteiger charge is -2.35. The SMILES string of the molecule is CC(C)C[C@H](NC(=O)c1cc[n+](Cc2csc(N3CCN(C(=O)OC(C)(C)C)CC3)n2)cc1)C(=O)NCC#N. The van der Waals surface area contributed by atoms with Gasteiger partial charge in [0, 0.05) is 43.7 Å². The molecule has 0 aromatic carbocycles. The number of pyridine rings is 1. The van der Waals surface area contributed by atoms with E-state index in [9.17, 15) is 14.4 Å². The highest BCUT2D eigenvalue weighted by Crippen LogP contribution is 2.22. The number of nitrogens with one attached hydrogen (secondary N) is 2. The predicted molar refractivity (Wildman–Crippen MR) is 147 cm³/mol. The van der Waals surface area contributed by atoms with Crippen LogP contribution in [0.2, 0.25) is 0 Å². The number of anilines is 1. The van der Waals surface area contributed by atoms with Crippen LogP contribution in [0, 0.1) is 17.2 Å². The molecule has 3 heterocycles. The predicted octanol–water partition coefficient (Wildman–Crippen LogP) is 2.32. The van der Waals surface area contributed by atoms with Gasteiger partial charge in [0.05, 0.1) is 11.6 Å². The summed E-state index contributed by atoms with van der Waals surface area (Å²) in [5.41, 5.74) is 0.830. The molecule has 2 aromatic rings. The van der Waals surface area contributed by atoms with Crippen molar-refractivity contribution in [3.63, 3.8) is 0 Å². The van der Waals surface area contributed by atoms with E-state index in [1.807, 2.05) is 50.6 Å². The first-order valence-corrected chi connectivity index (χ1v) is 13.9. The van der Waals surface area contributed by atoms with Gasteiger partial charge >= 0.3 is 6.09 Å². The van der Waals surface area contributed by atoms with Crippen molar-refractivity contribution >= 4 is 34.4 Å². The number of amides is 3. The normalized spacial score (nSPS) is 14.5. The number of piperazine rings is 1. The van der Waals surface area contributed by atoms with E-state index in [0.717, 1.165) is 10.8 Å². The Morgan fingerprint density at radius 1 is 1.18 bits per heavy atom. The number of hydrogen-bond donors (Lipinski definition) is 2. The second kappa shape index (κ2) is 13.4. The largest absolute Gasteiger partial charge is 0.444 e. The van der Waals surface area contributed by atoms with Crippen molar-refractivity contribution in [2.24, 2.45) is 5.92 Å². The highest BCUT2D eigenvalue weighted by molar-refractivity contribution is 7.13. The molecule has 0 bridgehead atoms. The Morgan fingerprint density at radius 3 is 2.44 bits per heavy atom. The smallest absolute Gasteiger partial charge is 0.410 e. The molecule has 0 radical (unpaired) electrons. The Labute approximate surface area is 233 Å². The first kappa shape index (κ1) is 29.8. The van der Waals surface area contributed by atoms with Gasteiger partial charge in [0.15, 0.2) is 24.1 Å². The summed E-state index contributed by atoms with van der Waals surface area (Å²) in [5.74, 6) is -0.519. The Kier molecular flexibility index (Phi) is 10.2. The van der Waals surface area contributed by atoms with Crippen molar-refractivity contribution < 1.29 is 23.7 Å². The quantitative estimate of drug-likeness (QED) is 0.358. The van der Waals surface area contributed by atoms with Crippen molar-refractivity contribution in [3.8, 4) is 6.07 Å². The first-order chi connectivity index (χ1) is 18.4. The maximum Gasteiger partial charge on any atom is 0.410 e. The molecule has 210 valence electrons. The maximum absolute atomic E-state index is 12.8. The van der Waals surface area contributed by atoms with Gasteiger partial charge in [-0.2, -0.15) is 9.83 Å². The molecule has 1 aliphatic heterocycles. The Bertz CT molecular complexity index is 1180. The van der Waals surface area contributed by atoms with Crippen molar-refractivity contribution in [2.45, 2.75) is 59.2 Å². The molecule has 1 fully saturated rings. The highest BCUT2D eigenvalue weighted by atomic mass is 32.1. The van der Waals surface area contributed by atoms with Crippen LogP contribution < -0.4 is 20.1 Å². The van der Waals surface area contributed by atoms with Crippen LogP contribution in [-0.4, -0.2) is 72.2 Å². The minimum absolute atomic E-state index is 0.102. The Morgan fingerprint density at radius 2 is 1.85 bits per heavy atom. The van der Waals surface area contributed by atoms with E-state index in [2.05, 4.69) is 15.5 Å². The molecule has 3 amide bonds. The van der Waals surface area contributed by atoms with Gasteiger partial charge in [-0.15, -0.1) is 11.3 Å². The van der Waals surface area contributed by atoms with Crippen LogP contribution in [0.5, 0.6) is 0 Å². The van der Waals surface area contributed by atoms with Crippen LogP contribution in [0.1, 0.15) is 57.1 Å². The molecule has 1 saturated heterocycles.